The number of likely N-dealkylation sites (N-methyl/N-ethyl adjacent to an activating group) is 1. The van der Waals surface area contributed by atoms with E-state index < -0.39 is 10.0 Å². The summed E-state index contributed by atoms with van der Waals surface area (Å²) in [5.41, 5.74) is 1.65. The second-order valence-electron chi connectivity index (χ2n) is 6.24. The van der Waals surface area contributed by atoms with Gasteiger partial charge in [-0.05, 0) is 62.5 Å². The maximum atomic E-state index is 12.7. The molecule has 0 fully saturated rings. The maximum Gasteiger partial charge on any atom is 0.240 e. The largest absolute Gasteiger partial charge is 0.497 e. The number of benzene rings is 2. The van der Waals surface area contributed by atoms with Gasteiger partial charge in [0, 0.05) is 12.6 Å². The molecule has 7 heteroatoms. The van der Waals surface area contributed by atoms with Crippen LogP contribution in [0.1, 0.15) is 17.2 Å². The van der Waals surface area contributed by atoms with Gasteiger partial charge in [0.25, 0.3) is 0 Å². The van der Waals surface area contributed by atoms with Crippen molar-refractivity contribution in [3.63, 3.8) is 0 Å². The Hall–Kier alpha value is -2.09. The molecule has 0 saturated heterocycles. The van der Waals surface area contributed by atoms with E-state index in [1.807, 2.05) is 43.3 Å². The van der Waals surface area contributed by atoms with Crippen LogP contribution in [0.5, 0.6) is 11.5 Å². The molecule has 0 aromatic heterocycles. The van der Waals surface area contributed by atoms with Crippen LogP contribution in [0.4, 0.5) is 0 Å². The molecule has 6 nitrogen and oxygen atoms in total. The highest BCUT2D eigenvalue weighted by Crippen LogP contribution is 2.23. The van der Waals surface area contributed by atoms with Crippen LogP contribution in [0, 0.1) is 6.92 Å². The van der Waals surface area contributed by atoms with Crippen LogP contribution in [0.25, 0.3) is 0 Å². The normalized spacial score (nSPS) is 12.8. The zero-order valence-corrected chi connectivity index (χ0v) is 16.6. The van der Waals surface area contributed by atoms with E-state index in [0.717, 1.165) is 11.3 Å². The number of hydrogen-bond donors (Lipinski definition) is 1. The van der Waals surface area contributed by atoms with Gasteiger partial charge in [-0.3, -0.25) is 0 Å². The molecule has 2 aromatic carbocycles. The van der Waals surface area contributed by atoms with Gasteiger partial charge in [0.05, 0.1) is 19.1 Å². The summed E-state index contributed by atoms with van der Waals surface area (Å²) < 4.78 is 38.5. The fourth-order valence-corrected chi connectivity index (χ4v) is 4.00. The van der Waals surface area contributed by atoms with Crippen molar-refractivity contribution < 1.29 is 17.9 Å². The van der Waals surface area contributed by atoms with Crippen LogP contribution in [-0.2, 0) is 10.0 Å². The van der Waals surface area contributed by atoms with E-state index >= 15 is 0 Å². The van der Waals surface area contributed by atoms with Crippen LogP contribution < -0.4 is 14.2 Å². The van der Waals surface area contributed by atoms with Gasteiger partial charge in [0.15, 0.2) is 0 Å². The summed E-state index contributed by atoms with van der Waals surface area (Å²) in [6.07, 6.45) is 0. The molecule has 142 valence electrons. The third-order valence-electron chi connectivity index (χ3n) is 4.26. The monoisotopic (exact) mass is 378 g/mol. The molecule has 0 spiro atoms. The first-order valence-electron chi connectivity index (χ1n) is 8.23. The molecule has 26 heavy (non-hydrogen) atoms. The Kier molecular flexibility index (Phi) is 6.63. The smallest absolute Gasteiger partial charge is 0.240 e. The average Bonchev–Trinajstić information content (AvgIpc) is 2.61. The molecule has 1 N–H and O–H groups in total. The molecule has 0 saturated carbocycles. The van der Waals surface area contributed by atoms with Crippen molar-refractivity contribution in [1.82, 2.24) is 9.62 Å². The highest BCUT2D eigenvalue weighted by Gasteiger charge is 2.21. The van der Waals surface area contributed by atoms with E-state index in [-0.39, 0.29) is 17.5 Å². The molecule has 0 amide bonds. The third kappa shape index (κ3) is 4.75. The Morgan fingerprint density at radius 1 is 1.00 bits per heavy atom. The molecule has 0 heterocycles. The number of hydrogen-bond acceptors (Lipinski definition) is 5. The second kappa shape index (κ2) is 8.53. The fraction of sp³-hybridized carbons (Fsp3) is 0.368. The van der Waals surface area contributed by atoms with Crippen LogP contribution >= 0.6 is 0 Å². The lowest BCUT2D eigenvalue weighted by molar-refractivity contribution is 0.299. The summed E-state index contributed by atoms with van der Waals surface area (Å²) in [6, 6.07) is 12.4. The summed E-state index contributed by atoms with van der Waals surface area (Å²) >= 11 is 0. The SMILES string of the molecule is COc1ccc(C(CNS(=O)(=O)c2ccc(OC)cc2C)N(C)C)cc1. The van der Waals surface area contributed by atoms with Gasteiger partial charge in [-0.1, -0.05) is 12.1 Å². The number of methoxy groups -OCH3 is 2. The zero-order valence-electron chi connectivity index (χ0n) is 15.8. The predicted molar refractivity (Wildman–Crippen MR) is 102 cm³/mol. The van der Waals surface area contributed by atoms with E-state index in [1.165, 1.54) is 0 Å². The summed E-state index contributed by atoms with van der Waals surface area (Å²) in [5, 5.41) is 0. The van der Waals surface area contributed by atoms with Crippen molar-refractivity contribution in [2.24, 2.45) is 0 Å². The van der Waals surface area contributed by atoms with E-state index in [9.17, 15) is 8.42 Å². The van der Waals surface area contributed by atoms with Crippen molar-refractivity contribution in [2.75, 3.05) is 34.9 Å². The molecule has 2 aromatic rings. The number of nitrogens with zero attached hydrogens (tertiary/aromatic N) is 1. The van der Waals surface area contributed by atoms with Gasteiger partial charge in [-0.2, -0.15) is 0 Å². The Balaban J connectivity index is 2.19. The molecule has 1 atom stereocenters. The van der Waals surface area contributed by atoms with Crippen molar-refractivity contribution in [3.05, 3.63) is 53.6 Å². The molecular formula is C19H26N2O4S. The minimum atomic E-state index is -3.62. The molecular weight excluding hydrogens is 352 g/mol. The quantitative estimate of drug-likeness (QED) is 0.765. The van der Waals surface area contributed by atoms with Crippen molar-refractivity contribution in [3.8, 4) is 11.5 Å². The van der Waals surface area contributed by atoms with Gasteiger partial charge >= 0.3 is 0 Å². The third-order valence-corrected chi connectivity index (χ3v) is 5.85. The summed E-state index contributed by atoms with van der Waals surface area (Å²) in [7, 11) is 3.38. The zero-order chi connectivity index (χ0) is 19.3. The topological polar surface area (TPSA) is 67.9 Å². The minimum Gasteiger partial charge on any atom is -0.497 e. The maximum absolute atomic E-state index is 12.7. The van der Waals surface area contributed by atoms with Crippen LogP contribution in [0.15, 0.2) is 47.4 Å². The molecule has 0 aliphatic rings. The second-order valence-corrected chi connectivity index (χ2v) is 7.97. The van der Waals surface area contributed by atoms with Crippen LogP contribution in [0.3, 0.4) is 0 Å². The lowest BCUT2D eigenvalue weighted by Crippen LogP contribution is -2.34. The number of rotatable bonds is 8. The Bertz CT molecular complexity index is 833. The molecule has 0 aliphatic carbocycles. The molecule has 0 aliphatic heterocycles. The minimum absolute atomic E-state index is 0.103. The number of aryl methyl sites for hydroxylation is 1. The predicted octanol–water partition coefficient (Wildman–Crippen LogP) is 2.59. The number of nitrogens with one attached hydrogen (secondary N) is 1. The first kappa shape index (κ1) is 20.2. The molecule has 0 radical (unpaired) electrons. The van der Waals surface area contributed by atoms with E-state index in [0.29, 0.717) is 11.3 Å². The lowest BCUT2D eigenvalue weighted by Gasteiger charge is -2.25. The lowest BCUT2D eigenvalue weighted by atomic mass is 10.1. The Labute approximate surface area is 155 Å². The molecule has 0 bridgehead atoms. The van der Waals surface area contributed by atoms with Gasteiger partial charge in [0.1, 0.15) is 11.5 Å². The van der Waals surface area contributed by atoms with Crippen LogP contribution in [-0.4, -0.2) is 48.2 Å². The average molecular weight is 378 g/mol. The van der Waals surface area contributed by atoms with Crippen molar-refractivity contribution in [1.29, 1.82) is 0 Å². The summed E-state index contributed by atoms with van der Waals surface area (Å²) in [6.45, 7) is 2.01. The highest BCUT2D eigenvalue weighted by atomic mass is 32.2. The van der Waals surface area contributed by atoms with E-state index in [4.69, 9.17) is 9.47 Å². The first-order chi connectivity index (χ1) is 12.3. The highest BCUT2D eigenvalue weighted by molar-refractivity contribution is 7.89. The van der Waals surface area contributed by atoms with Gasteiger partial charge in [-0.25, -0.2) is 13.1 Å². The van der Waals surface area contributed by atoms with Gasteiger partial charge in [0.2, 0.25) is 10.0 Å². The van der Waals surface area contributed by atoms with Crippen molar-refractivity contribution in [2.45, 2.75) is 17.9 Å². The van der Waals surface area contributed by atoms with Crippen LogP contribution in [0.2, 0.25) is 0 Å². The van der Waals surface area contributed by atoms with Gasteiger partial charge < -0.3 is 14.4 Å². The van der Waals surface area contributed by atoms with E-state index in [2.05, 4.69) is 4.72 Å². The number of ether oxygens (including phenoxy) is 2. The fourth-order valence-electron chi connectivity index (χ4n) is 2.74. The summed E-state index contributed by atoms with van der Waals surface area (Å²) in [4.78, 5) is 2.23. The van der Waals surface area contributed by atoms with Gasteiger partial charge in [-0.15, -0.1) is 0 Å². The Morgan fingerprint density at radius 2 is 1.58 bits per heavy atom. The standard InChI is InChI=1S/C19H26N2O4S/c1-14-12-17(25-5)10-11-19(14)26(22,23)20-13-18(21(2)3)15-6-8-16(24-4)9-7-15/h6-12,18,20H,13H2,1-5H3. The van der Waals surface area contributed by atoms with E-state index in [1.54, 1.807) is 39.3 Å². The van der Waals surface area contributed by atoms with Crippen molar-refractivity contribution >= 4 is 10.0 Å². The summed E-state index contributed by atoms with van der Waals surface area (Å²) in [5.74, 6) is 1.39. The first-order valence-corrected chi connectivity index (χ1v) is 9.71. The Morgan fingerprint density at radius 3 is 2.08 bits per heavy atom. The molecule has 1 unspecified atom stereocenters. The molecule has 2 rings (SSSR count). The number of sulfonamides is 1.